The van der Waals surface area contributed by atoms with Crippen molar-refractivity contribution in [2.45, 2.75) is 24.5 Å². The van der Waals surface area contributed by atoms with Crippen molar-refractivity contribution >= 4 is 17.3 Å². The van der Waals surface area contributed by atoms with Crippen LogP contribution in [0.4, 0.5) is 10.1 Å². The Labute approximate surface area is 108 Å². The first-order chi connectivity index (χ1) is 8.49. The Balaban J connectivity index is 2.07. The number of rotatable bonds is 2. The highest BCUT2D eigenvalue weighted by Gasteiger charge is 2.37. The molecular weight excluding hydrogens is 265 g/mol. The van der Waals surface area contributed by atoms with Crippen LogP contribution in [0.1, 0.15) is 0 Å². The summed E-state index contributed by atoms with van der Waals surface area (Å²) in [6.45, 7) is -0.106. The zero-order valence-corrected chi connectivity index (χ0v) is 10.0. The molecule has 4 atom stereocenters. The van der Waals surface area contributed by atoms with Crippen molar-refractivity contribution < 1.29 is 24.4 Å². The lowest BCUT2D eigenvalue weighted by atomic mass is 10.0. The van der Waals surface area contributed by atoms with E-state index < -0.39 is 30.4 Å². The smallest absolute Gasteiger partial charge is 0.156 e. The monoisotopic (exact) mass is 277 g/mol. The van der Waals surface area contributed by atoms with Crippen molar-refractivity contribution in [3.05, 3.63) is 29.0 Å². The topological polar surface area (TPSA) is 82.0 Å². The number of halogens is 2. The lowest BCUT2D eigenvalue weighted by Crippen LogP contribution is -2.55. The second kappa shape index (κ2) is 5.38. The van der Waals surface area contributed by atoms with Gasteiger partial charge in [0.1, 0.15) is 24.1 Å². The Morgan fingerprint density at radius 3 is 2.67 bits per heavy atom. The molecule has 0 bridgehead atoms. The van der Waals surface area contributed by atoms with E-state index >= 15 is 0 Å². The van der Waals surface area contributed by atoms with Crippen LogP contribution in [0.3, 0.4) is 0 Å². The van der Waals surface area contributed by atoms with Crippen molar-refractivity contribution in [2.24, 2.45) is 0 Å². The Bertz CT molecular complexity index is 434. The van der Waals surface area contributed by atoms with Crippen LogP contribution in [0.25, 0.3) is 0 Å². The first kappa shape index (κ1) is 13.5. The molecule has 5 nitrogen and oxygen atoms in total. The minimum atomic E-state index is -1.30. The highest BCUT2D eigenvalue weighted by molar-refractivity contribution is 6.31. The third-order valence-electron chi connectivity index (χ3n) is 2.73. The SMILES string of the molecule is O[C@@H]1[C@@H](O)[C@H](Nc2ccc(F)c(Cl)c2)OC[C@H]1O. The number of anilines is 1. The summed E-state index contributed by atoms with van der Waals surface area (Å²) in [5, 5.41) is 31.1. The Morgan fingerprint density at radius 2 is 2.00 bits per heavy atom. The molecule has 0 saturated carbocycles. The van der Waals surface area contributed by atoms with Crippen molar-refractivity contribution in [1.82, 2.24) is 0 Å². The van der Waals surface area contributed by atoms with Crippen molar-refractivity contribution in [3.8, 4) is 0 Å². The van der Waals surface area contributed by atoms with E-state index in [4.69, 9.17) is 16.3 Å². The van der Waals surface area contributed by atoms with Gasteiger partial charge in [-0.3, -0.25) is 0 Å². The van der Waals surface area contributed by atoms with Gasteiger partial charge < -0.3 is 25.4 Å². The molecule has 2 rings (SSSR count). The Hall–Kier alpha value is -0.920. The molecule has 0 radical (unpaired) electrons. The Kier molecular flexibility index (Phi) is 4.04. The number of aliphatic hydroxyl groups excluding tert-OH is 3. The fourth-order valence-corrected chi connectivity index (χ4v) is 1.86. The largest absolute Gasteiger partial charge is 0.388 e. The first-order valence-electron chi connectivity index (χ1n) is 5.36. The summed E-state index contributed by atoms with van der Waals surface area (Å²) in [6, 6.07) is 3.93. The molecule has 0 aromatic heterocycles. The molecule has 0 spiro atoms. The highest BCUT2D eigenvalue weighted by Crippen LogP contribution is 2.22. The minimum Gasteiger partial charge on any atom is -0.388 e. The second-order valence-corrected chi connectivity index (χ2v) is 4.48. The van der Waals surface area contributed by atoms with E-state index in [0.717, 1.165) is 0 Å². The lowest BCUT2D eigenvalue weighted by molar-refractivity contribution is -0.178. The van der Waals surface area contributed by atoms with Crippen LogP contribution in [0.5, 0.6) is 0 Å². The zero-order chi connectivity index (χ0) is 13.3. The summed E-state index contributed by atoms with van der Waals surface area (Å²) in [7, 11) is 0. The number of nitrogens with one attached hydrogen (secondary N) is 1. The number of hydrogen-bond acceptors (Lipinski definition) is 5. The van der Waals surface area contributed by atoms with Crippen molar-refractivity contribution in [3.63, 3.8) is 0 Å². The van der Waals surface area contributed by atoms with Gasteiger partial charge in [0, 0.05) is 5.69 Å². The minimum absolute atomic E-state index is 0.0640. The summed E-state index contributed by atoms with van der Waals surface area (Å²) in [6.07, 6.45) is -4.62. The van der Waals surface area contributed by atoms with Crippen LogP contribution in [-0.4, -0.2) is 46.5 Å². The van der Waals surface area contributed by atoms with Crippen molar-refractivity contribution in [1.29, 1.82) is 0 Å². The van der Waals surface area contributed by atoms with Gasteiger partial charge in [0.15, 0.2) is 6.23 Å². The van der Waals surface area contributed by atoms with Crippen LogP contribution in [0, 0.1) is 5.82 Å². The van der Waals surface area contributed by atoms with Gasteiger partial charge in [0.2, 0.25) is 0 Å². The maximum absolute atomic E-state index is 13.0. The summed E-state index contributed by atoms with van der Waals surface area (Å²) in [5.74, 6) is -0.553. The number of aliphatic hydroxyl groups is 3. The van der Waals surface area contributed by atoms with Crippen molar-refractivity contribution in [2.75, 3.05) is 11.9 Å². The molecule has 1 aromatic carbocycles. The molecule has 0 aliphatic carbocycles. The van der Waals surface area contributed by atoms with Crippen LogP contribution in [0.15, 0.2) is 18.2 Å². The van der Waals surface area contributed by atoms with Gasteiger partial charge in [-0.25, -0.2) is 4.39 Å². The summed E-state index contributed by atoms with van der Waals surface area (Å²) >= 11 is 5.61. The van der Waals surface area contributed by atoms with Crippen LogP contribution in [0.2, 0.25) is 5.02 Å². The fourth-order valence-electron chi connectivity index (χ4n) is 1.68. The van der Waals surface area contributed by atoms with Crippen LogP contribution in [-0.2, 0) is 4.74 Å². The van der Waals surface area contributed by atoms with Crippen LogP contribution < -0.4 is 5.32 Å². The quantitative estimate of drug-likeness (QED) is 0.626. The molecule has 1 aliphatic heterocycles. The van der Waals surface area contributed by atoms with E-state index in [1.807, 2.05) is 0 Å². The van der Waals surface area contributed by atoms with E-state index in [9.17, 15) is 19.7 Å². The maximum atomic E-state index is 13.0. The molecule has 0 amide bonds. The molecule has 1 heterocycles. The Morgan fingerprint density at radius 1 is 1.28 bits per heavy atom. The van der Waals surface area contributed by atoms with E-state index in [2.05, 4.69) is 5.32 Å². The number of ether oxygens (including phenoxy) is 1. The predicted octanol–water partition coefficient (Wildman–Crippen LogP) is 0.330. The van der Waals surface area contributed by atoms with Crippen LogP contribution >= 0.6 is 11.6 Å². The van der Waals surface area contributed by atoms with Gasteiger partial charge in [-0.15, -0.1) is 0 Å². The van der Waals surface area contributed by atoms with E-state index in [0.29, 0.717) is 5.69 Å². The van der Waals surface area contributed by atoms with E-state index in [1.165, 1.54) is 18.2 Å². The van der Waals surface area contributed by atoms with Gasteiger partial charge >= 0.3 is 0 Å². The summed E-state index contributed by atoms with van der Waals surface area (Å²) < 4.78 is 18.1. The molecule has 1 aromatic rings. The molecule has 100 valence electrons. The molecule has 18 heavy (non-hydrogen) atoms. The molecule has 7 heteroatoms. The summed E-state index contributed by atoms with van der Waals surface area (Å²) in [5.41, 5.74) is 0.439. The lowest BCUT2D eigenvalue weighted by Gasteiger charge is -2.35. The normalized spacial score (nSPS) is 32.3. The van der Waals surface area contributed by atoms with Gasteiger partial charge in [-0.2, -0.15) is 0 Å². The molecule has 1 saturated heterocycles. The average Bonchev–Trinajstić information content (AvgIpc) is 2.34. The van der Waals surface area contributed by atoms with E-state index in [1.54, 1.807) is 0 Å². The average molecular weight is 278 g/mol. The summed E-state index contributed by atoms with van der Waals surface area (Å²) in [4.78, 5) is 0. The van der Waals surface area contributed by atoms with Gasteiger partial charge in [0.25, 0.3) is 0 Å². The first-order valence-corrected chi connectivity index (χ1v) is 5.74. The second-order valence-electron chi connectivity index (χ2n) is 4.08. The highest BCUT2D eigenvalue weighted by atomic mass is 35.5. The number of benzene rings is 1. The fraction of sp³-hybridized carbons (Fsp3) is 0.455. The molecular formula is C11H13ClFNO4. The number of hydrogen-bond donors (Lipinski definition) is 4. The molecule has 1 aliphatic rings. The predicted molar refractivity (Wildman–Crippen MR) is 62.8 cm³/mol. The maximum Gasteiger partial charge on any atom is 0.156 e. The third kappa shape index (κ3) is 2.73. The zero-order valence-electron chi connectivity index (χ0n) is 9.25. The third-order valence-corrected chi connectivity index (χ3v) is 3.02. The molecule has 0 unspecified atom stereocenters. The molecule has 1 fully saturated rings. The van der Waals surface area contributed by atoms with Gasteiger partial charge in [-0.05, 0) is 18.2 Å². The van der Waals surface area contributed by atoms with E-state index in [-0.39, 0.29) is 11.6 Å². The molecule has 4 N–H and O–H groups in total. The van der Waals surface area contributed by atoms with Gasteiger partial charge in [0.05, 0.1) is 11.6 Å². The van der Waals surface area contributed by atoms with Gasteiger partial charge in [-0.1, -0.05) is 11.6 Å². The standard InChI is InChI=1S/C11H13ClFNO4/c12-6-3-5(1-2-7(6)13)14-11-10(17)9(16)8(15)4-18-11/h1-3,8-11,14-17H,4H2/t8-,9+,10-,11-/m1/s1.